The summed E-state index contributed by atoms with van der Waals surface area (Å²) in [7, 11) is 0. The first kappa shape index (κ1) is 48.1. The van der Waals surface area contributed by atoms with Crippen LogP contribution in [0.15, 0.2) is 72.9 Å². The highest BCUT2D eigenvalue weighted by atomic mass is 19.4. The van der Waals surface area contributed by atoms with Crippen LogP contribution < -0.4 is 5.73 Å². The lowest BCUT2D eigenvalue weighted by Gasteiger charge is -2.41. The number of benzene rings is 2. The van der Waals surface area contributed by atoms with E-state index in [1.807, 2.05) is 55.7 Å². The SMILES string of the molecule is CC(C)(C)[C@H](c1cc(-c2cc(F)ccc2F)cn1Cc1ccccc1)N(CC[C@H](N)C(=O)C[C@H]1CC[C@@H](C(=O)CCCN2C(=O)C=CC2=O)C1)C(=O)CO.O=C(O)C(F)(F)F. The van der Waals surface area contributed by atoms with Gasteiger partial charge in [-0.3, -0.25) is 28.9 Å². The third-order valence-electron chi connectivity index (χ3n) is 10.8. The maximum Gasteiger partial charge on any atom is 0.490 e. The Kier molecular flexibility index (Phi) is 16.4. The lowest BCUT2D eigenvalue weighted by molar-refractivity contribution is -0.192. The Morgan fingerprint density at radius 1 is 0.951 bits per heavy atom. The molecule has 61 heavy (non-hydrogen) atoms. The van der Waals surface area contributed by atoms with Crippen molar-refractivity contribution in [1.82, 2.24) is 14.4 Å². The van der Waals surface area contributed by atoms with E-state index in [9.17, 15) is 46.6 Å². The third-order valence-corrected chi connectivity index (χ3v) is 10.8. The molecule has 3 amide bonds. The van der Waals surface area contributed by atoms with Gasteiger partial charge in [-0.25, -0.2) is 13.6 Å². The number of Topliss-reactive ketones (excluding diaryl/α,β-unsaturated/α-hetero) is 2. The van der Waals surface area contributed by atoms with Gasteiger partial charge < -0.3 is 25.4 Å². The van der Waals surface area contributed by atoms with Gasteiger partial charge in [0.2, 0.25) is 5.91 Å². The molecule has 0 bridgehead atoms. The largest absolute Gasteiger partial charge is 0.490 e. The average molecular weight is 859 g/mol. The molecule has 3 aromatic rings. The summed E-state index contributed by atoms with van der Waals surface area (Å²) in [5, 5.41) is 17.3. The summed E-state index contributed by atoms with van der Waals surface area (Å²) in [4.78, 5) is 74.9. The minimum absolute atomic E-state index is 0.0103. The van der Waals surface area contributed by atoms with Gasteiger partial charge in [0.25, 0.3) is 11.8 Å². The van der Waals surface area contributed by atoms with E-state index in [1.54, 1.807) is 12.3 Å². The molecule has 1 aliphatic heterocycles. The van der Waals surface area contributed by atoms with Gasteiger partial charge in [0.05, 0.1) is 12.1 Å². The third kappa shape index (κ3) is 13.2. The average Bonchev–Trinajstić information content (AvgIpc) is 3.92. The topological polar surface area (TPSA) is 180 Å². The van der Waals surface area contributed by atoms with Gasteiger partial charge in [-0.2, -0.15) is 13.2 Å². The highest BCUT2D eigenvalue weighted by Gasteiger charge is 2.39. The first-order valence-corrected chi connectivity index (χ1v) is 19.8. The van der Waals surface area contributed by atoms with Crippen LogP contribution in [-0.4, -0.2) is 91.8 Å². The highest BCUT2D eigenvalue weighted by Crippen LogP contribution is 2.41. The van der Waals surface area contributed by atoms with Crippen molar-refractivity contribution < 1.29 is 60.9 Å². The Labute approximate surface area is 350 Å². The number of ketones is 2. The van der Waals surface area contributed by atoms with Gasteiger partial charge in [0.1, 0.15) is 29.8 Å². The molecule has 1 fully saturated rings. The number of nitrogens with zero attached hydrogens (tertiary/aromatic N) is 3. The van der Waals surface area contributed by atoms with Crippen LogP contribution in [0.3, 0.4) is 0 Å². The number of aromatic nitrogens is 1. The standard InChI is InChI=1S/C42H50F2N4O6.C2HF3O2/c1-42(2,3)41(35-22-30(32-23-31(43)13-14-33(32)44)25-46(35)24-27-8-5-4-6-9-27)48(40(54)26-49)19-17-34(45)37(51)21-28-11-12-29(20-28)36(50)10-7-18-47-38(52)15-16-39(47)53;3-2(4,5)1(6)7/h4-6,8-9,13-16,22-23,25,28-29,34,41,49H,7,10-12,17-21,24,26,45H2,1-3H3;(H,6,7)/t28-,29+,34-,41-;/m0./s1. The lowest BCUT2D eigenvalue weighted by Crippen LogP contribution is -2.46. The molecule has 1 saturated carbocycles. The zero-order chi connectivity index (χ0) is 45.2. The number of aliphatic hydroxyl groups excluding tert-OH is 1. The maximum atomic E-state index is 15.1. The molecule has 0 saturated heterocycles. The van der Waals surface area contributed by atoms with Crippen LogP contribution in [0, 0.1) is 28.9 Å². The van der Waals surface area contributed by atoms with E-state index in [0.717, 1.165) is 28.7 Å². The summed E-state index contributed by atoms with van der Waals surface area (Å²) in [6.07, 6.45) is 1.99. The van der Waals surface area contributed by atoms with Crippen molar-refractivity contribution in [3.8, 4) is 11.1 Å². The van der Waals surface area contributed by atoms with Crippen LogP contribution in [0.2, 0.25) is 0 Å². The summed E-state index contributed by atoms with van der Waals surface area (Å²) < 4.78 is 63.0. The number of carbonyl (C=O) groups excluding carboxylic acids is 5. The predicted molar refractivity (Wildman–Crippen MR) is 213 cm³/mol. The number of carboxylic acid groups (broad SMARTS) is 1. The van der Waals surface area contributed by atoms with E-state index in [0.29, 0.717) is 43.5 Å². The molecule has 0 spiro atoms. The predicted octanol–water partition coefficient (Wildman–Crippen LogP) is 6.39. The molecule has 330 valence electrons. The zero-order valence-electron chi connectivity index (χ0n) is 34.2. The number of nitrogens with two attached hydrogens (primary N) is 1. The van der Waals surface area contributed by atoms with Gasteiger partial charge in [-0.05, 0) is 73.3 Å². The van der Waals surface area contributed by atoms with Crippen molar-refractivity contribution in [3.05, 3.63) is 95.8 Å². The van der Waals surface area contributed by atoms with Crippen LogP contribution in [0.4, 0.5) is 22.0 Å². The Morgan fingerprint density at radius 2 is 1.59 bits per heavy atom. The van der Waals surface area contributed by atoms with E-state index in [4.69, 9.17) is 15.6 Å². The van der Waals surface area contributed by atoms with Crippen LogP contribution >= 0.6 is 0 Å². The first-order valence-electron chi connectivity index (χ1n) is 19.8. The second kappa shape index (κ2) is 20.8. The van der Waals surface area contributed by atoms with E-state index >= 15 is 4.39 Å². The summed E-state index contributed by atoms with van der Waals surface area (Å²) >= 11 is 0. The minimum atomic E-state index is -5.08. The van der Waals surface area contributed by atoms with Crippen molar-refractivity contribution in [2.45, 2.75) is 90.5 Å². The molecule has 2 aliphatic rings. The molecule has 2 heterocycles. The van der Waals surface area contributed by atoms with Gasteiger partial charge in [0, 0.05) is 73.6 Å². The zero-order valence-corrected chi connectivity index (χ0v) is 34.2. The Balaban J connectivity index is 0.00000107. The summed E-state index contributed by atoms with van der Waals surface area (Å²) in [6.45, 7) is 5.68. The van der Waals surface area contributed by atoms with Crippen molar-refractivity contribution in [2.24, 2.45) is 23.0 Å². The van der Waals surface area contributed by atoms with Gasteiger partial charge in [0.15, 0.2) is 0 Å². The molecule has 1 aromatic heterocycles. The molecule has 1 aliphatic carbocycles. The number of aliphatic carboxylic acids is 1. The van der Waals surface area contributed by atoms with Crippen molar-refractivity contribution in [1.29, 1.82) is 0 Å². The number of aliphatic hydroxyl groups is 1. The van der Waals surface area contributed by atoms with E-state index in [1.165, 1.54) is 17.1 Å². The number of hydrogen-bond donors (Lipinski definition) is 3. The van der Waals surface area contributed by atoms with Crippen molar-refractivity contribution >= 4 is 35.3 Å². The van der Waals surface area contributed by atoms with Crippen LogP contribution in [0.25, 0.3) is 11.1 Å². The molecular formula is C44H51F5N4O8. The molecule has 2 aromatic carbocycles. The number of hydrogen-bond acceptors (Lipinski definition) is 8. The molecular weight excluding hydrogens is 807 g/mol. The van der Waals surface area contributed by atoms with Gasteiger partial charge in [-0.1, -0.05) is 51.1 Å². The number of carboxylic acids is 1. The van der Waals surface area contributed by atoms with Crippen LogP contribution in [-0.2, 0) is 35.3 Å². The molecule has 0 radical (unpaired) electrons. The van der Waals surface area contributed by atoms with Crippen LogP contribution in [0.5, 0.6) is 0 Å². The first-order chi connectivity index (χ1) is 28.6. The number of imide groups is 1. The molecule has 5 rings (SSSR count). The Morgan fingerprint density at radius 3 is 2.18 bits per heavy atom. The lowest BCUT2D eigenvalue weighted by atomic mass is 9.82. The fraction of sp³-hybridized carbons (Fsp3) is 0.455. The number of rotatable bonds is 17. The summed E-state index contributed by atoms with van der Waals surface area (Å²) in [5.41, 5.74) is 7.93. The quantitative estimate of drug-likeness (QED) is 0.102. The fourth-order valence-corrected chi connectivity index (χ4v) is 7.80. The Bertz CT molecular complexity index is 2080. The van der Waals surface area contributed by atoms with E-state index in [-0.39, 0.29) is 73.1 Å². The smallest absolute Gasteiger partial charge is 0.475 e. The van der Waals surface area contributed by atoms with E-state index in [2.05, 4.69) is 0 Å². The number of amides is 3. The second-order valence-electron chi connectivity index (χ2n) is 16.4. The van der Waals surface area contributed by atoms with E-state index < -0.39 is 53.8 Å². The number of halogens is 5. The normalized spacial score (nSPS) is 17.5. The van der Waals surface area contributed by atoms with Gasteiger partial charge in [-0.15, -0.1) is 0 Å². The van der Waals surface area contributed by atoms with Crippen molar-refractivity contribution in [3.63, 3.8) is 0 Å². The molecule has 4 atom stereocenters. The van der Waals surface area contributed by atoms with Crippen molar-refractivity contribution in [2.75, 3.05) is 19.7 Å². The highest BCUT2D eigenvalue weighted by molar-refractivity contribution is 6.12. The Hall–Kier alpha value is -5.55. The van der Waals surface area contributed by atoms with Crippen LogP contribution in [0.1, 0.15) is 83.0 Å². The fourth-order valence-electron chi connectivity index (χ4n) is 7.80. The van der Waals surface area contributed by atoms with Gasteiger partial charge >= 0.3 is 12.1 Å². The maximum absolute atomic E-state index is 15.1. The molecule has 12 nitrogen and oxygen atoms in total. The number of carbonyl (C=O) groups is 6. The number of alkyl halides is 3. The molecule has 17 heteroatoms. The monoisotopic (exact) mass is 858 g/mol. The summed E-state index contributed by atoms with van der Waals surface area (Å²) in [6, 6.07) is 13.1. The second-order valence-corrected chi connectivity index (χ2v) is 16.4. The molecule has 0 unspecified atom stereocenters. The molecule has 4 N–H and O–H groups in total. The summed E-state index contributed by atoms with van der Waals surface area (Å²) in [5.74, 6) is -5.55. The minimum Gasteiger partial charge on any atom is -0.475 e.